The fourth-order valence-corrected chi connectivity index (χ4v) is 3.64. The first-order valence-corrected chi connectivity index (χ1v) is 7.33. The van der Waals surface area contributed by atoms with Gasteiger partial charge in [0.2, 0.25) is 0 Å². The molecule has 1 fully saturated rings. The van der Waals surface area contributed by atoms with Crippen LogP contribution in [0.15, 0.2) is 6.07 Å². The Morgan fingerprint density at radius 3 is 2.79 bits per heavy atom. The van der Waals surface area contributed by atoms with Crippen LogP contribution in [0.1, 0.15) is 44.6 Å². The smallest absolute Gasteiger partial charge is 0.304 e. The molecule has 106 valence electrons. The van der Waals surface area contributed by atoms with Crippen molar-refractivity contribution >= 4 is 22.0 Å². The molecule has 0 saturated carbocycles. The molecule has 2 rings (SSSR count). The highest BCUT2D eigenvalue weighted by Gasteiger charge is 2.32. The predicted octanol–water partition coefficient (Wildman–Crippen LogP) is 3.34. The normalized spacial score (nSPS) is 20.3. The molecule has 1 aromatic rings. The van der Waals surface area contributed by atoms with Gasteiger partial charge in [0.25, 0.3) is 0 Å². The third kappa shape index (κ3) is 3.06. The van der Waals surface area contributed by atoms with E-state index >= 15 is 0 Å². The van der Waals surface area contributed by atoms with Crippen LogP contribution in [0.3, 0.4) is 0 Å². The number of thiophene rings is 1. The average molecular weight is 284 g/mol. The van der Waals surface area contributed by atoms with Crippen molar-refractivity contribution in [3.05, 3.63) is 21.1 Å². The zero-order valence-corrected chi connectivity index (χ0v) is 12.4. The largest absolute Gasteiger partial charge is 0.388 e. The number of hydrogen-bond acceptors (Lipinski definition) is 5. The van der Waals surface area contributed by atoms with Gasteiger partial charge in [-0.25, -0.2) is 0 Å². The Bertz CT molecular complexity index is 482. The topological polar surface area (TPSA) is 66.6 Å². The second-order valence-corrected chi connectivity index (χ2v) is 7.02. The first kappa shape index (κ1) is 14.3. The molecule has 1 aliphatic rings. The minimum Gasteiger partial charge on any atom is -0.388 e. The van der Waals surface area contributed by atoms with Crippen molar-refractivity contribution in [1.82, 2.24) is 0 Å². The van der Waals surface area contributed by atoms with E-state index in [-0.39, 0.29) is 16.0 Å². The van der Waals surface area contributed by atoms with Crippen molar-refractivity contribution in [2.75, 3.05) is 18.0 Å². The number of aliphatic hydroxyl groups is 1. The van der Waals surface area contributed by atoms with E-state index in [0.29, 0.717) is 9.88 Å². The number of hydrogen-bond donors (Lipinski definition) is 1. The van der Waals surface area contributed by atoms with Crippen LogP contribution in [0.2, 0.25) is 0 Å². The molecular weight excluding hydrogens is 264 g/mol. The Morgan fingerprint density at radius 2 is 2.26 bits per heavy atom. The number of nitro groups is 1. The van der Waals surface area contributed by atoms with Crippen LogP contribution in [0.5, 0.6) is 0 Å². The first-order valence-electron chi connectivity index (χ1n) is 6.51. The van der Waals surface area contributed by atoms with Crippen molar-refractivity contribution in [3.63, 3.8) is 0 Å². The van der Waals surface area contributed by atoms with Crippen LogP contribution in [-0.2, 0) is 0 Å². The molecule has 2 heterocycles. The zero-order chi connectivity index (χ0) is 14.2. The highest BCUT2D eigenvalue weighted by molar-refractivity contribution is 7.16. The molecule has 1 saturated heterocycles. The van der Waals surface area contributed by atoms with Crippen molar-refractivity contribution in [2.24, 2.45) is 5.41 Å². The molecule has 1 atom stereocenters. The van der Waals surface area contributed by atoms with Crippen LogP contribution >= 0.6 is 11.3 Å². The summed E-state index contributed by atoms with van der Waals surface area (Å²) in [6.45, 7) is 7.69. The third-order valence-corrected chi connectivity index (χ3v) is 4.86. The number of nitrogens with zero attached hydrogens (tertiary/aromatic N) is 2. The lowest BCUT2D eigenvalue weighted by Crippen LogP contribution is -2.39. The van der Waals surface area contributed by atoms with E-state index < -0.39 is 6.10 Å². The maximum atomic E-state index is 11.2. The second kappa shape index (κ2) is 5.09. The minimum absolute atomic E-state index is 0.124. The average Bonchev–Trinajstić information content (AvgIpc) is 2.72. The van der Waals surface area contributed by atoms with E-state index in [1.165, 1.54) is 17.4 Å². The summed E-state index contributed by atoms with van der Waals surface area (Å²) in [6, 6.07) is 1.51. The molecule has 0 bridgehead atoms. The van der Waals surface area contributed by atoms with Crippen molar-refractivity contribution in [3.8, 4) is 0 Å². The summed E-state index contributed by atoms with van der Waals surface area (Å²) in [7, 11) is 0. The van der Waals surface area contributed by atoms with Crippen LogP contribution in [0.4, 0.5) is 10.7 Å². The number of rotatable bonds is 3. The molecule has 19 heavy (non-hydrogen) atoms. The standard InChI is InChI=1S/C13H20N2O3S/c1-9(16)11-7-10(15(17)18)12(19-11)14-6-4-5-13(2,3)8-14/h7,9,16H,4-6,8H2,1-3H3/t9-/m1/s1. The van der Waals surface area contributed by atoms with Gasteiger partial charge in [-0.1, -0.05) is 13.8 Å². The minimum atomic E-state index is -0.657. The number of anilines is 1. The van der Waals surface area contributed by atoms with Crippen molar-refractivity contribution < 1.29 is 10.0 Å². The second-order valence-electron chi connectivity index (χ2n) is 5.96. The molecule has 0 spiro atoms. The van der Waals surface area contributed by atoms with E-state index in [1.807, 2.05) is 0 Å². The van der Waals surface area contributed by atoms with Gasteiger partial charge in [0, 0.05) is 24.0 Å². The lowest BCUT2D eigenvalue weighted by molar-refractivity contribution is -0.383. The molecule has 5 nitrogen and oxygen atoms in total. The zero-order valence-electron chi connectivity index (χ0n) is 11.5. The van der Waals surface area contributed by atoms with Crippen LogP contribution in [0.25, 0.3) is 0 Å². The molecule has 0 aliphatic carbocycles. The molecule has 0 aromatic carbocycles. The Balaban J connectivity index is 2.35. The quantitative estimate of drug-likeness (QED) is 0.683. The molecule has 1 aromatic heterocycles. The Morgan fingerprint density at radius 1 is 1.58 bits per heavy atom. The summed E-state index contributed by atoms with van der Waals surface area (Å²) in [4.78, 5) is 13.6. The summed E-state index contributed by atoms with van der Waals surface area (Å²) in [5, 5.41) is 21.5. The highest BCUT2D eigenvalue weighted by Crippen LogP contribution is 2.43. The SMILES string of the molecule is C[C@@H](O)c1cc([N+](=O)[O-])c(N2CCCC(C)(C)C2)s1. The van der Waals surface area contributed by atoms with Crippen LogP contribution in [0, 0.1) is 15.5 Å². The van der Waals surface area contributed by atoms with Gasteiger partial charge in [-0.2, -0.15) is 0 Å². The summed E-state index contributed by atoms with van der Waals surface area (Å²) >= 11 is 1.34. The van der Waals surface area contributed by atoms with Gasteiger partial charge < -0.3 is 10.0 Å². The molecule has 1 N–H and O–H groups in total. The van der Waals surface area contributed by atoms with Gasteiger partial charge in [0.1, 0.15) is 0 Å². The Kier molecular flexibility index (Phi) is 3.82. The van der Waals surface area contributed by atoms with Crippen molar-refractivity contribution in [1.29, 1.82) is 0 Å². The highest BCUT2D eigenvalue weighted by atomic mass is 32.1. The van der Waals surface area contributed by atoms with Gasteiger partial charge in [-0.3, -0.25) is 10.1 Å². The van der Waals surface area contributed by atoms with Gasteiger partial charge in [-0.05, 0) is 25.2 Å². The third-order valence-electron chi connectivity index (χ3n) is 3.51. The summed E-state index contributed by atoms with van der Waals surface area (Å²) in [6.07, 6.45) is 1.54. The van der Waals surface area contributed by atoms with E-state index in [4.69, 9.17) is 0 Å². The van der Waals surface area contributed by atoms with Gasteiger partial charge in [-0.15, -0.1) is 11.3 Å². The molecular formula is C13H20N2O3S. The Labute approximate surface area is 117 Å². The van der Waals surface area contributed by atoms with E-state index in [9.17, 15) is 15.2 Å². The monoisotopic (exact) mass is 284 g/mol. The maximum absolute atomic E-state index is 11.2. The van der Waals surface area contributed by atoms with Crippen LogP contribution < -0.4 is 4.90 Å². The lowest BCUT2D eigenvalue weighted by atomic mass is 9.84. The van der Waals surface area contributed by atoms with Gasteiger partial charge >= 0.3 is 5.69 Å². The molecule has 0 radical (unpaired) electrons. The van der Waals surface area contributed by atoms with E-state index in [0.717, 1.165) is 25.9 Å². The maximum Gasteiger partial charge on any atom is 0.304 e. The Hall–Kier alpha value is -1.14. The van der Waals surface area contributed by atoms with E-state index in [2.05, 4.69) is 18.7 Å². The molecule has 6 heteroatoms. The van der Waals surface area contributed by atoms with Gasteiger partial charge in [0.05, 0.1) is 11.0 Å². The fraction of sp³-hybridized carbons (Fsp3) is 0.692. The molecule has 1 aliphatic heterocycles. The van der Waals surface area contributed by atoms with Gasteiger partial charge in [0.15, 0.2) is 5.00 Å². The van der Waals surface area contributed by atoms with E-state index in [1.54, 1.807) is 6.92 Å². The molecule has 0 unspecified atom stereocenters. The summed E-state index contributed by atoms with van der Waals surface area (Å²) in [5.74, 6) is 0. The predicted molar refractivity (Wildman–Crippen MR) is 76.8 cm³/mol. The van der Waals surface area contributed by atoms with Crippen molar-refractivity contribution in [2.45, 2.75) is 39.7 Å². The lowest BCUT2D eigenvalue weighted by Gasteiger charge is -2.38. The number of aliphatic hydroxyl groups excluding tert-OH is 1. The number of piperidine rings is 1. The molecule has 0 amide bonds. The first-order chi connectivity index (χ1) is 8.80. The summed E-state index contributed by atoms with van der Waals surface area (Å²) in [5.41, 5.74) is 0.305. The van der Waals surface area contributed by atoms with Crippen LogP contribution in [-0.4, -0.2) is 23.1 Å². The fourth-order valence-electron chi connectivity index (χ4n) is 2.55. The summed E-state index contributed by atoms with van der Waals surface area (Å²) < 4.78 is 0.